The Bertz CT molecular complexity index is 1010. The number of halogens is 2. The molecule has 0 saturated carbocycles. The predicted octanol–water partition coefficient (Wildman–Crippen LogP) is 4.22. The van der Waals surface area contributed by atoms with Gasteiger partial charge in [-0.25, -0.2) is 8.78 Å². The molecule has 6 nitrogen and oxygen atoms in total. The van der Waals surface area contributed by atoms with Crippen molar-refractivity contribution in [1.82, 2.24) is 15.0 Å². The Balaban J connectivity index is 1.42. The van der Waals surface area contributed by atoms with E-state index in [2.05, 4.69) is 10.1 Å². The molecule has 0 bridgehead atoms. The Morgan fingerprint density at radius 1 is 1.13 bits per heavy atom. The molecule has 2 aromatic carbocycles. The van der Waals surface area contributed by atoms with E-state index in [0.717, 1.165) is 19.3 Å². The first-order valence-corrected chi connectivity index (χ1v) is 9.83. The monoisotopic (exact) mass is 413 g/mol. The number of carbonyl (C=O) groups excluding carboxylic acids is 1. The van der Waals surface area contributed by atoms with E-state index in [1.807, 2.05) is 0 Å². The molecule has 0 spiro atoms. The first-order valence-electron chi connectivity index (χ1n) is 9.83. The number of likely N-dealkylation sites (tertiary alicyclic amines) is 1. The zero-order valence-corrected chi connectivity index (χ0v) is 16.3. The van der Waals surface area contributed by atoms with Crippen molar-refractivity contribution in [1.29, 1.82) is 0 Å². The molecule has 3 aromatic rings. The number of carbonyl (C=O) groups is 1. The number of nitrogens with zero attached hydrogens (tertiary/aromatic N) is 3. The Labute approximate surface area is 172 Å². The minimum Gasteiger partial charge on any atom is -0.484 e. The fourth-order valence-electron chi connectivity index (χ4n) is 3.56. The highest BCUT2D eigenvalue weighted by Gasteiger charge is 2.31. The topological polar surface area (TPSA) is 68.5 Å². The molecule has 1 fully saturated rings. The zero-order valence-electron chi connectivity index (χ0n) is 16.3. The summed E-state index contributed by atoms with van der Waals surface area (Å²) in [7, 11) is 0. The lowest BCUT2D eigenvalue weighted by Crippen LogP contribution is -2.39. The molecule has 0 N–H and O–H groups in total. The smallest absolute Gasteiger partial charge is 0.264 e. The van der Waals surface area contributed by atoms with Crippen LogP contribution >= 0.6 is 0 Å². The molecule has 2 heterocycles. The van der Waals surface area contributed by atoms with E-state index < -0.39 is 0 Å². The summed E-state index contributed by atoms with van der Waals surface area (Å²) in [4.78, 5) is 19.0. The normalized spacial score (nSPS) is 16.5. The van der Waals surface area contributed by atoms with Gasteiger partial charge in [-0.15, -0.1) is 0 Å². The van der Waals surface area contributed by atoms with Crippen LogP contribution in [-0.2, 0) is 17.8 Å². The third-order valence-corrected chi connectivity index (χ3v) is 5.03. The molecule has 0 aliphatic carbocycles. The van der Waals surface area contributed by atoms with Crippen LogP contribution in [0.25, 0.3) is 0 Å². The highest BCUT2D eigenvalue weighted by molar-refractivity contribution is 5.79. The van der Waals surface area contributed by atoms with E-state index in [1.165, 1.54) is 36.4 Å². The molecule has 156 valence electrons. The summed E-state index contributed by atoms with van der Waals surface area (Å²) < 4.78 is 37.2. The van der Waals surface area contributed by atoms with E-state index in [0.29, 0.717) is 23.7 Å². The summed E-state index contributed by atoms with van der Waals surface area (Å²) >= 11 is 0. The quantitative estimate of drug-likeness (QED) is 0.605. The van der Waals surface area contributed by atoms with Crippen LogP contribution < -0.4 is 4.74 Å². The van der Waals surface area contributed by atoms with Crippen LogP contribution in [0.1, 0.15) is 42.6 Å². The molecule has 1 aliphatic heterocycles. The van der Waals surface area contributed by atoms with Gasteiger partial charge in [0.15, 0.2) is 12.4 Å². The van der Waals surface area contributed by atoms with Gasteiger partial charge in [0, 0.05) is 6.54 Å². The number of hydrogen-bond acceptors (Lipinski definition) is 5. The lowest BCUT2D eigenvalue weighted by molar-refractivity contribution is -0.134. The lowest BCUT2D eigenvalue weighted by atomic mass is 10.00. The molecule has 1 amide bonds. The van der Waals surface area contributed by atoms with Gasteiger partial charge in [0.2, 0.25) is 5.91 Å². The summed E-state index contributed by atoms with van der Waals surface area (Å²) in [5.41, 5.74) is 0.630. The second-order valence-corrected chi connectivity index (χ2v) is 7.19. The van der Waals surface area contributed by atoms with Crippen molar-refractivity contribution in [3.05, 3.63) is 77.4 Å². The molecule has 8 heteroatoms. The molecular weight excluding hydrogens is 392 g/mol. The predicted molar refractivity (Wildman–Crippen MR) is 103 cm³/mol. The fraction of sp³-hybridized carbons (Fsp3) is 0.318. The molecule has 1 aliphatic rings. The molecule has 1 aromatic heterocycles. The van der Waals surface area contributed by atoms with Crippen LogP contribution in [0.4, 0.5) is 8.78 Å². The average Bonchev–Trinajstić information content (AvgIpc) is 3.22. The molecule has 4 rings (SSSR count). The summed E-state index contributed by atoms with van der Waals surface area (Å²) in [6.07, 6.45) is 2.69. The highest BCUT2D eigenvalue weighted by atomic mass is 19.1. The number of ether oxygens (including phenoxy) is 1. The number of benzene rings is 2. The number of hydrogen-bond donors (Lipinski definition) is 0. The fourth-order valence-corrected chi connectivity index (χ4v) is 3.56. The van der Waals surface area contributed by atoms with Gasteiger partial charge >= 0.3 is 0 Å². The van der Waals surface area contributed by atoms with Gasteiger partial charge in [0.25, 0.3) is 5.89 Å². The van der Waals surface area contributed by atoms with Gasteiger partial charge in [-0.1, -0.05) is 17.3 Å². The maximum absolute atomic E-state index is 13.4. The molecule has 0 radical (unpaired) electrons. The van der Waals surface area contributed by atoms with Gasteiger partial charge in [-0.05, 0) is 61.2 Å². The number of piperidine rings is 1. The van der Waals surface area contributed by atoms with Gasteiger partial charge in [-0.3, -0.25) is 4.79 Å². The van der Waals surface area contributed by atoms with Gasteiger partial charge in [0.1, 0.15) is 17.4 Å². The standard InChI is InChI=1S/C22H21F2N3O3/c23-16-7-9-18(10-8-16)29-14-20-25-22(26-30-20)19-6-1-2-11-27(19)21(28)13-15-4-3-5-17(24)12-15/h3-5,7-10,12,19H,1-2,6,11,13-14H2. The van der Waals surface area contributed by atoms with E-state index in [-0.39, 0.29) is 42.5 Å². The van der Waals surface area contributed by atoms with Crippen molar-refractivity contribution >= 4 is 5.91 Å². The summed E-state index contributed by atoms with van der Waals surface area (Å²) in [6, 6.07) is 11.4. The zero-order chi connectivity index (χ0) is 20.9. The average molecular weight is 413 g/mol. The maximum Gasteiger partial charge on any atom is 0.264 e. The van der Waals surface area contributed by atoms with Crippen molar-refractivity contribution in [2.75, 3.05) is 6.54 Å². The SMILES string of the molecule is O=C(Cc1cccc(F)c1)N1CCCCC1c1noc(COc2ccc(F)cc2)n1. The van der Waals surface area contributed by atoms with Crippen LogP contribution in [0.5, 0.6) is 5.75 Å². The van der Waals surface area contributed by atoms with E-state index >= 15 is 0 Å². The molecular formula is C22H21F2N3O3. The second-order valence-electron chi connectivity index (χ2n) is 7.19. The number of aromatic nitrogens is 2. The second kappa shape index (κ2) is 9.02. The first kappa shape index (κ1) is 20.0. The Kier molecular flexibility index (Phi) is 6.02. The van der Waals surface area contributed by atoms with Gasteiger partial charge in [0.05, 0.1) is 12.5 Å². The van der Waals surface area contributed by atoms with Gasteiger partial charge in [-0.2, -0.15) is 4.98 Å². The first-order chi connectivity index (χ1) is 14.6. The van der Waals surface area contributed by atoms with Crippen LogP contribution in [0.15, 0.2) is 53.1 Å². The Morgan fingerprint density at radius 2 is 1.97 bits per heavy atom. The van der Waals surface area contributed by atoms with E-state index in [9.17, 15) is 13.6 Å². The summed E-state index contributed by atoms with van der Waals surface area (Å²) in [6.45, 7) is 0.636. The van der Waals surface area contributed by atoms with Crippen molar-refractivity contribution in [3.8, 4) is 5.75 Å². The minimum absolute atomic E-state index is 0.0442. The Morgan fingerprint density at radius 3 is 2.77 bits per heavy atom. The van der Waals surface area contributed by atoms with Crippen molar-refractivity contribution < 1.29 is 22.8 Å². The molecule has 1 unspecified atom stereocenters. The third kappa shape index (κ3) is 4.82. The number of amides is 1. The van der Waals surface area contributed by atoms with Crippen LogP contribution in [0.2, 0.25) is 0 Å². The Hall–Kier alpha value is -3.29. The van der Waals surface area contributed by atoms with Crippen molar-refractivity contribution in [3.63, 3.8) is 0 Å². The maximum atomic E-state index is 13.4. The highest BCUT2D eigenvalue weighted by Crippen LogP contribution is 2.30. The van der Waals surface area contributed by atoms with Crippen molar-refractivity contribution in [2.24, 2.45) is 0 Å². The largest absolute Gasteiger partial charge is 0.484 e. The number of rotatable bonds is 6. The minimum atomic E-state index is -0.362. The van der Waals surface area contributed by atoms with Crippen LogP contribution in [0.3, 0.4) is 0 Å². The van der Waals surface area contributed by atoms with E-state index in [4.69, 9.17) is 9.26 Å². The van der Waals surface area contributed by atoms with Crippen LogP contribution in [-0.4, -0.2) is 27.5 Å². The molecule has 1 atom stereocenters. The summed E-state index contributed by atoms with van der Waals surface area (Å²) in [5.74, 6) is 0.388. The van der Waals surface area contributed by atoms with Gasteiger partial charge < -0.3 is 14.2 Å². The van der Waals surface area contributed by atoms with E-state index in [1.54, 1.807) is 17.0 Å². The van der Waals surface area contributed by atoms with Crippen LogP contribution in [0, 0.1) is 11.6 Å². The summed E-state index contributed by atoms with van der Waals surface area (Å²) in [5, 5.41) is 4.04. The molecule has 1 saturated heterocycles. The third-order valence-electron chi connectivity index (χ3n) is 5.03. The lowest BCUT2D eigenvalue weighted by Gasteiger charge is -2.34. The molecule has 30 heavy (non-hydrogen) atoms. The van der Waals surface area contributed by atoms with Crippen molar-refractivity contribution in [2.45, 2.75) is 38.3 Å².